The van der Waals surface area contributed by atoms with Crippen LogP contribution in [0.15, 0.2) is 24.3 Å². The number of rotatable bonds is 9. The Morgan fingerprint density at radius 2 is 1.80 bits per heavy atom. The standard InChI is InChI=1S/C17H30N2O/c1-14(2)15(11-12-18)6-5-13-19(3)16-7-9-17(20-4)10-8-16/h7-10,14-15H,5-6,11-13,18H2,1-4H3. The Morgan fingerprint density at radius 1 is 1.15 bits per heavy atom. The van der Waals surface area contributed by atoms with E-state index >= 15 is 0 Å². The first kappa shape index (κ1) is 16.8. The summed E-state index contributed by atoms with van der Waals surface area (Å²) in [5, 5.41) is 0. The van der Waals surface area contributed by atoms with Crippen molar-refractivity contribution in [3.05, 3.63) is 24.3 Å². The van der Waals surface area contributed by atoms with E-state index in [1.54, 1.807) is 7.11 Å². The third-order valence-corrected chi connectivity index (χ3v) is 4.06. The number of nitrogens with two attached hydrogens (primary N) is 1. The highest BCUT2D eigenvalue weighted by Crippen LogP contribution is 2.22. The summed E-state index contributed by atoms with van der Waals surface area (Å²) < 4.78 is 5.18. The molecule has 0 bridgehead atoms. The van der Waals surface area contributed by atoms with Crippen molar-refractivity contribution in [2.75, 3.05) is 32.1 Å². The van der Waals surface area contributed by atoms with Crippen LogP contribution >= 0.6 is 0 Å². The Hall–Kier alpha value is -1.22. The number of methoxy groups -OCH3 is 1. The lowest BCUT2D eigenvalue weighted by Gasteiger charge is -2.23. The van der Waals surface area contributed by atoms with Crippen molar-refractivity contribution in [2.45, 2.75) is 33.1 Å². The molecule has 3 nitrogen and oxygen atoms in total. The monoisotopic (exact) mass is 278 g/mol. The summed E-state index contributed by atoms with van der Waals surface area (Å²) in [6, 6.07) is 8.24. The molecule has 1 aromatic carbocycles. The summed E-state index contributed by atoms with van der Waals surface area (Å²) >= 11 is 0. The molecule has 0 fully saturated rings. The molecule has 3 heteroatoms. The molecular formula is C17H30N2O. The zero-order valence-electron chi connectivity index (χ0n) is 13.4. The molecule has 114 valence electrons. The van der Waals surface area contributed by atoms with Gasteiger partial charge >= 0.3 is 0 Å². The average molecular weight is 278 g/mol. The highest BCUT2D eigenvalue weighted by Gasteiger charge is 2.12. The van der Waals surface area contributed by atoms with Gasteiger partial charge in [-0.25, -0.2) is 0 Å². The van der Waals surface area contributed by atoms with E-state index in [0.717, 1.165) is 37.1 Å². The second kappa shape index (κ2) is 8.85. The van der Waals surface area contributed by atoms with E-state index in [9.17, 15) is 0 Å². The first-order valence-corrected chi connectivity index (χ1v) is 7.63. The molecule has 0 aliphatic rings. The number of anilines is 1. The van der Waals surface area contributed by atoms with Crippen molar-refractivity contribution < 1.29 is 4.74 Å². The highest BCUT2D eigenvalue weighted by atomic mass is 16.5. The van der Waals surface area contributed by atoms with Gasteiger partial charge in [0.15, 0.2) is 0 Å². The molecule has 1 rings (SSSR count). The van der Waals surface area contributed by atoms with Crippen LogP contribution in [0.1, 0.15) is 33.1 Å². The summed E-state index contributed by atoms with van der Waals surface area (Å²) in [5.74, 6) is 2.39. The quantitative estimate of drug-likeness (QED) is 0.751. The first-order chi connectivity index (χ1) is 9.58. The highest BCUT2D eigenvalue weighted by molar-refractivity contribution is 5.48. The van der Waals surface area contributed by atoms with Crippen LogP contribution in [0, 0.1) is 11.8 Å². The molecule has 0 heterocycles. The molecular weight excluding hydrogens is 248 g/mol. The van der Waals surface area contributed by atoms with Gasteiger partial charge in [0.1, 0.15) is 5.75 Å². The van der Waals surface area contributed by atoms with E-state index < -0.39 is 0 Å². The molecule has 1 atom stereocenters. The van der Waals surface area contributed by atoms with Gasteiger partial charge in [0.25, 0.3) is 0 Å². The number of ether oxygens (including phenoxy) is 1. The van der Waals surface area contributed by atoms with Crippen molar-refractivity contribution in [3.63, 3.8) is 0 Å². The Kier molecular flexibility index (Phi) is 7.45. The van der Waals surface area contributed by atoms with Gasteiger partial charge in [-0.3, -0.25) is 0 Å². The normalized spacial score (nSPS) is 12.5. The largest absolute Gasteiger partial charge is 0.497 e. The van der Waals surface area contributed by atoms with E-state index in [2.05, 4.69) is 37.9 Å². The Labute approximate surface area is 124 Å². The minimum atomic E-state index is 0.727. The van der Waals surface area contributed by atoms with Crippen LogP contribution in [0.2, 0.25) is 0 Å². The van der Waals surface area contributed by atoms with E-state index in [1.807, 2.05) is 12.1 Å². The van der Waals surface area contributed by atoms with Crippen LogP contribution in [-0.4, -0.2) is 27.2 Å². The fourth-order valence-corrected chi connectivity index (χ4v) is 2.58. The zero-order chi connectivity index (χ0) is 15.0. The van der Waals surface area contributed by atoms with Gasteiger partial charge in [-0.05, 0) is 61.9 Å². The first-order valence-electron chi connectivity index (χ1n) is 7.63. The van der Waals surface area contributed by atoms with E-state index in [1.165, 1.54) is 18.5 Å². The number of hydrogen-bond donors (Lipinski definition) is 1. The van der Waals surface area contributed by atoms with E-state index in [-0.39, 0.29) is 0 Å². The van der Waals surface area contributed by atoms with Gasteiger partial charge in [-0.15, -0.1) is 0 Å². The summed E-state index contributed by atoms with van der Waals surface area (Å²) in [5.41, 5.74) is 6.94. The van der Waals surface area contributed by atoms with Crippen LogP contribution in [0.5, 0.6) is 5.75 Å². The molecule has 0 amide bonds. The molecule has 20 heavy (non-hydrogen) atoms. The molecule has 0 aliphatic carbocycles. The van der Waals surface area contributed by atoms with Crippen LogP contribution in [0.25, 0.3) is 0 Å². The number of hydrogen-bond acceptors (Lipinski definition) is 3. The minimum absolute atomic E-state index is 0.727. The lowest BCUT2D eigenvalue weighted by atomic mass is 9.88. The van der Waals surface area contributed by atoms with Gasteiger partial charge in [0, 0.05) is 19.3 Å². The molecule has 0 aliphatic heterocycles. The third kappa shape index (κ3) is 5.41. The van der Waals surface area contributed by atoms with Crippen molar-refractivity contribution in [1.82, 2.24) is 0 Å². The summed E-state index contributed by atoms with van der Waals surface area (Å²) in [7, 11) is 3.84. The molecule has 0 saturated heterocycles. The predicted molar refractivity (Wildman–Crippen MR) is 87.5 cm³/mol. The fraction of sp³-hybridized carbons (Fsp3) is 0.647. The maximum Gasteiger partial charge on any atom is 0.119 e. The summed E-state index contributed by atoms with van der Waals surface area (Å²) in [6.45, 7) is 6.48. The Morgan fingerprint density at radius 3 is 2.30 bits per heavy atom. The summed E-state index contributed by atoms with van der Waals surface area (Å²) in [6.07, 6.45) is 3.62. The molecule has 0 aromatic heterocycles. The van der Waals surface area contributed by atoms with Crippen molar-refractivity contribution >= 4 is 5.69 Å². The molecule has 2 N–H and O–H groups in total. The smallest absolute Gasteiger partial charge is 0.119 e. The van der Waals surface area contributed by atoms with Crippen molar-refractivity contribution in [1.29, 1.82) is 0 Å². The van der Waals surface area contributed by atoms with Crippen molar-refractivity contribution in [3.8, 4) is 5.75 Å². The number of nitrogens with zero attached hydrogens (tertiary/aromatic N) is 1. The molecule has 0 spiro atoms. The van der Waals surface area contributed by atoms with Crippen LogP contribution in [0.3, 0.4) is 0 Å². The fourth-order valence-electron chi connectivity index (χ4n) is 2.58. The number of benzene rings is 1. The lowest BCUT2D eigenvalue weighted by molar-refractivity contribution is 0.334. The lowest BCUT2D eigenvalue weighted by Crippen LogP contribution is -2.21. The van der Waals surface area contributed by atoms with Gasteiger partial charge in [0.05, 0.1) is 7.11 Å². The molecule has 0 saturated carbocycles. The predicted octanol–water partition coefficient (Wildman–Crippen LogP) is 3.53. The van der Waals surface area contributed by atoms with Crippen LogP contribution < -0.4 is 15.4 Å². The summed E-state index contributed by atoms with van der Waals surface area (Å²) in [4.78, 5) is 2.30. The molecule has 1 aromatic rings. The van der Waals surface area contributed by atoms with Gasteiger partial charge in [-0.2, -0.15) is 0 Å². The maximum absolute atomic E-state index is 5.69. The topological polar surface area (TPSA) is 38.5 Å². The maximum atomic E-state index is 5.69. The zero-order valence-corrected chi connectivity index (χ0v) is 13.4. The average Bonchev–Trinajstić information content (AvgIpc) is 2.46. The molecule has 0 radical (unpaired) electrons. The van der Waals surface area contributed by atoms with E-state index in [0.29, 0.717) is 0 Å². The van der Waals surface area contributed by atoms with E-state index in [4.69, 9.17) is 10.5 Å². The van der Waals surface area contributed by atoms with Gasteiger partial charge in [-0.1, -0.05) is 13.8 Å². The SMILES string of the molecule is COc1ccc(N(C)CCCC(CCN)C(C)C)cc1. The van der Waals surface area contributed by atoms with Crippen molar-refractivity contribution in [2.24, 2.45) is 17.6 Å². The Balaban J connectivity index is 2.39. The third-order valence-electron chi connectivity index (χ3n) is 4.06. The molecule has 1 unspecified atom stereocenters. The van der Waals surface area contributed by atoms with Gasteiger partial charge < -0.3 is 15.4 Å². The van der Waals surface area contributed by atoms with Gasteiger partial charge in [0.2, 0.25) is 0 Å². The second-order valence-corrected chi connectivity index (χ2v) is 5.84. The minimum Gasteiger partial charge on any atom is -0.497 e. The van der Waals surface area contributed by atoms with Crippen LogP contribution in [-0.2, 0) is 0 Å². The Bertz CT molecular complexity index is 362. The van der Waals surface area contributed by atoms with Crippen LogP contribution in [0.4, 0.5) is 5.69 Å². The second-order valence-electron chi connectivity index (χ2n) is 5.84.